The third-order valence-corrected chi connectivity index (χ3v) is 4.36. The average Bonchev–Trinajstić information content (AvgIpc) is 2.95. The molecule has 0 bridgehead atoms. The molecule has 0 saturated carbocycles. The first-order valence-electron chi connectivity index (χ1n) is 6.15. The van der Waals surface area contributed by atoms with Crippen molar-refractivity contribution >= 4 is 34.1 Å². The minimum Gasteiger partial charge on any atom is -0.306 e. The maximum Gasteiger partial charge on any atom is 0.160 e. The number of fused-ring (bicyclic) bond motifs is 1. The largest absolute Gasteiger partial charge is 0.306 e. The number of nitrogens with zero attached hydrogens (tertiary/aromatic N) is 3. The van der Waals surface area contributed by atoms with Crippen LogP contribution in [-0.4, -0.2) is 14.5 Å². The van der Waals surface area contributed by atoms with Crippen molar-refractivity contribution in [1.29, 1.82) is 0 Å². The highest BCUT2D eigenvalue weighted by Gasteiger charge is 2.16. The normalized spacial score (nSPS) is 13.0. The summed E-state index contributed by atoms with van der Waals surface area (Å²) in [7, 11) is 0. The number of aryl methyl sites for hydroxylation is 1. The molecule has 1 atom stereocenters. The van der Waals surface area contributed by atoms with Crippen LogP contribution in [0.3, 0.4) is 0 Å². The van der Waals surface area contributed by atoms with E-state index in [0.29, 0.717) is 0 Å². The maximum absolute atomic E-state index is 6.25. The number of halogens is 1. The second-order valence-corrected chi connectivity index (χ2v) is 6.20. The van der Waals surface area contributed by atoms with Gasteiger partial charge in [0.25, 0.3) is 0 Å². The van der Waals surface area contributed by atoms with Gasteiger partial charge in [-0.25, -0.2) is 9.97 Å². The SMILES string of the molecule is Cc1ccsc1Cn1c(C(C)Cl)nc2cccnc21. The Balaban J connectivity index is 2.15. The number of rotatable bonds is 3. The molecule has 0 radical (unpaired) electrons. The van der Waals surface area contributed by atoms with Gasteiger partial charge in [-0.15, -0.1) is 22.9 Å². The van der Waals surface area contributed by atoms with E-state index in [1.54, 1.807) is 17.5 Å². The summed E-state index contributed by atoms with van der Waals surface area (Å²) >= 11 is 8.01. The van der Waals surface area contributed by atoms with Gasteiger partial charge in [-0.3, -0.25) is 0 Å². The standard InChI is InChI=1S/C14H14ClN3S/c1-9-5-7-19-12(9)8-18-13(10(2)15)17-11-4-3-6-16-14(11)18/h3-7,10H,8H2,1-2H3. The van der Waals surface area contributed by atoms with E-state index in [9.17, 15) is 0 Å². The van der Waals surface area contributed by atoms with Crippen molar-refractivity contribution in [1.82, 2.24) is 14.5 Å². The number of hydrogen-bond donors (Lipinski definition) is 0. The Labute approximate surface area is 120 Å². The van der Waals surface area contributed by atoms with Crippen LogP contribution < -0.4 is 0 Å². The molecule has 1 unspecified atom stereocenters. The van der Waals surface area contributed by atoms with Crippen molar-refractivity contribution < 1.29 is 0 Å². The second-order valence-electron chi connectivity index (χ2n) is 4.55. The van der Waals surface area contributed by atoms with Gasteiger partial charge in [0.1, 0.15) is 11.3 Å². The molecule has 0 aromatic carbocycles. The van der Waals surface area contributed by atoms with Gasteiger partial charge in [0.05, 0.1) is 11.9 Å². The molecule has 3 aromatic rings. The highest BCUT2D eigenvalue weighted by molar-refractivity contribution is 7.10. The topological polar surface area (TPSA) is 30.7 Å². The minimum absolute atomic E-state index is 0.130. The van der Waals surface area contributed by atoms with E-state index < -0.39 is 0 Å². The zero-order valence-corrected chi connectivity index (χ0v) is 12.4. The molecule has 3 nitrogen and oxygen atoms in total. The fourth-order valence-electron chi connectivity index (χ4n) is 2.15. The molecule has 0 aliphatic heterocycles. The third kappa shape index (κ3) is 2.26. The van der Waals surface area contributed by atoms with Crippen LogP contribution in [0.4, 0.5) is 0 Å². The van der Waals surface area contributed by atoms with Crippen LogP contribution in [0, 0.1) is 6.92 Å². The minimum atomic E-state index is -0.130. The van der Waals surface area contributed by atoms with Gasteiger partial charge in [0.2, 0.25) is 0 Å². The Hall–Kier alpha value is -1.39. The molecule has 5 heteroatoms. The Morgan fingerprint density at radius 3 is 2.95 bits per heavy atom. The van der Waals surface area contributed by atoms with Crippen LogP contribution in [0.25, 0.3) is 11.2 Å². The van der Waals surface area contributed by atoms with Gasteiger partial charge < -0.3 is 4.57 Å². The number of imidazole rings is 1. The summed E-state index contributed by atoms with van der Waals surface area (Å²) in [6.45, 7) is 4.85. The molecule has 0 spiro atoms. The third-order valence-electron chi connectivity index (χ3n) is 3.16. The van der Waals surface area contributed by atoms with Crippen LogP contribution in [0.15, 0.2) is 29.8 Å². The fourth-order valence-corrected chi connectivity index (χ4v) is 3.21. The molecule has 0 aliphatic rings. The van der Waals surface area contributed by atoms with Gasteiger partial charge >= 0.3 is 0 Å². The van der Waals surface area contributed by atoms with Crippen molar-refractivity contribution in [3.63, 3.8) is 0 Å². The Bertz CT molecular complexity index is 714. The van der Waals surface area contributed by atoms with Crippen LogP contribution >= 0.6 is 22.9 Å². The van der Waals surface area contributed by atoms with Crippen molar-refractivity contribution in [2.45, 2.75) is 25.8 Å². The highest BCUT2D eigenvalue weighted by Crippen LogP contribution is 2.26. The number of hydrogen-bond acceptors (Lipinski definition) is 3. The maximum atomic E-state index is 6.25. The van der Waals surface area contributed by atoms with Gasteiger partial charge in [0, 0.05) is 11.1 Å². The molecule has 3 aromatic heterocycles. The molecule has 0 N–H and O–H groups in total. The van der Waals surface area contributed by atoms with Crippen LogP contribution in [0.2, 0.25) is 0 Å². The summed E-state index contributed by atoms with van der Waals surface area (Å²) < 4.78 is 2.12. The lowest BCUT2D eigenvalue weighted by Crippen LogP contribution is -2.06. The van der Waals surface area contributed by atoms with E-state index in [4.69, 9.17) is 11.6 Å². The number of thiophene rings is 1. The lowest BCUT2D eigenvalue weighted by Gasteiger charge is -2.09. The van der Waals surface area contributed by atoms with E-state index in [1.165, 1.54) is 10.4 Å². The fraction of sp³-hybridized carbons (Fsp3) is 0.286. The lowest BCUT2D eigenvalue weighted by atomic mass is 10.3. The van der Waals surface area contributed by atoms with Crippen molar-refractivity contribution in [2.75, 3.05) is 0 Å². The van der Waals surface area contributed by atoms with Crippen molar-refractivity contribution in [3.05, 3.63) is 46.0 Å². The molecule has 0 fully saturated rings. The molecular formula is C14H14ClN3S. The first kappa shape index (κ1) is 12.6. The number of aromatic nitrogens is 3. The van der Waals surface area contributed by atoms with Gasteiger partial charge in [-0.2, -0.15) is 0 Å². The van der Waals surface area contributed by atoms with Gasteiger partial charge in [0.15, 0.2) is 5.65 Å². The van der Waals surface area contributed by atoms with Crippen LogP contribution in [0.1, 0.15) is 28.6 Å². The average molecular weight is 292 g/mol. The quantitative estimate of drug-likeness (QED) is 0.679. The van der Waals surface area contributed by atoms with E-state index in [0.717, 1.165) is 23.5 Å². The number of alkyl halides is 1. The molecule has 98 valence electrons. The van der Waals surface area contributed by atoms with E-state index in [1.807, 2.05) is 19.1 Å². The summed E-state index contributed by atoms with van der Waals surface area (Å²) in [4.78, 5) is 10.4. The van der Waals surface area contributed by atoms with Gasteiger partial charge in [-0.05, 0) is 43.0 Å². The highest BCUT2D eigenvalue weighted by atomic mass is 35.5. The molecule has 19 heavy (non-hydrogen) atoms. The van der Waals surface area contributed by atoms with Crippen LogP contribution in [0.5, 0.6) is 0 Å². The zero-order chi connectivity index (χ0) is 13.4. The summed E-state index contributed by atoms with van der Waals surface area (Å²) in [5.41, 5.74) is 3.10. The predicted octanol–water partition coefficient (Wildman–Crippen LogP) is 4.15. The molecule has 3 heterocycles. The Morgan fingerprint density at radius 1 is 1.42 bits per heavy atom. The van der Waals surface area contributed by atoms with E-state index in [-0.39, 0.29) is 5.38 Å². The second kappa shape index (κ2) is 4.94. The molecular weight excluding hydrogens is 278 g/mol. The van der Waals surface area contributed by atoms with E-state index in [2.05, 4.69) is 32.9 Å². The van der Waals surface area contributed by atoms with Crippen molar-refractivity contribution in [3.8, 4) is 0 Å². The summed E-state index contributed by atoms with van der Waals surface area (Å²) in [5, 5.41) is 1.98. The monoisotopic (exact) mass is 291 g/mol. The van der Waals surface area contributed by atoms with Crippen LogP contribution in [-0.2, 0) is 6.54 Å². The number of pyridine rings is 1. The molecule has 3 rings (SSSR count). The Kier molecular flexibility index (Phi) is 3.29. The smallest absolute Gasteiger partial charge is 0.160 e. The molecule has 0 saturated heterocycles. The summed E-state index contributed by atoms with van der Waals surface area (Å²) in [5.74, 6) is 0.878. The first-order chi connectivity index (χ1) is 9.16. The zero-order valence-electron chi connectivity index (χ0n) is 10.8. The lowest BCUT2D eigenvalue weighted by molar-refractivity contribution is 0.741. The first-order valence-corrected chi connectivity index (χ1v) is 7.46. The molecule has 0 aliphatic carbocycles. The summed E-state index contributed by atoms with van der Waals surface area (Å²) in [6.07, 6.45) is 1.80. The van der Waals surface area contributed by atoms with Gasteiger partial charge in [-0.1, -0.05) is 0 Å². The molecule has 0 amide bonds. The Morgan fingerprint density at radius 2 is 2.26 bits per heavy atom. The summed E-state index contributed by atoms with van der Waals surface area (Å²) in [6, 6.07) is 6.01. The van der Waals surface area contributed by atoms with Crippen molar-refractivity contribution in [2.24, 2.45) is 0 Å². The predicted molar refractivity (Wildman–Crippen MR) is 80.0 cm³/mol. The van der Waals surface area contributed by atoms with E-state index >= 15 is 0 Å².